The number of rotatable bonds is 3. The molecule has 2 heteroatoms. The molecule has 1 fully saturated rings. The summed E-state index contributed by atoms with van der Waals surface area (Å²) in [5, 5.41) is 3.42. The van der Waals surface area contributed by atoms with Gasteiger partial charge in [0.15, 0.2) is 0 Å². The van der Waals surface area contributed by atoms with Gasteiger partial charge in [-0.3, -0.25) is 0 Å². The van der Waals surface area contributed by atoms with Crippen LogP contribution in [0.4, 0.5) is 0 Å². The largest absolute Gasteiger partial charge is 0.496 e. The molecule has 2 nitrogen and oxygen atoms in total. The van der Waals surface area contributed by atoms with Crippen LogP contribution in [0.15, 0.2) is 12.1 Å². The van der Waals surface area contributed by atoms with Crippen LogP contribution in [-0.4, -0.2) is 20.2 Å². The topological polar surface area (TPSA) is 21.3 Å². The molecular formula is C16H25NO. The van der Waals surface area contributed by atoms with Gasteiger partial charge in [-0.15, -0.1) is 0 Å². The minimum Gasteiger partial charge on any atom is -0.496 e. The van der Waals surface area contributed by atoms with E-state index >= 15 is 0 Å². The van der Waals surface area contributed by atoms with E-state index in [4.69, 9.17) is 4.74 Å². The number of hydrogen-bond acceptors (Lipinski definition) is 2. The second-order valence-corrected chi connectivity index (χ2v) is 5.93. The van der Waals surface area contributed by atoms with Crippen molar-refractivity contribution in [3.63, 3.8) is 0 Å². The number of methoxy groups -OCH3 is 1. The van der Waals surface area contributed by atoms with Crippen molar-refractivity contribution in [2.24, 2.45) is 0 Å². The lowest BCUT2D eigenvalue weighted by molar-refractivity contribution is 0.409. The molecule has 0 saturated heterocycles. The fourth-order valence-electron chi connectivity index (χ4n) is 3.39. The second-order valence-electron chi connectivity index (χ2n) is 5.93. The standard InChI is InChI=1S/C16H25NO/c1-11-9-15(18-5)12(2)8-14(11)16(3)7-6-13(10-16)17-4/h8-9,13,17H,6-7,10H2,1-5H3. The van der Waals surface area contributed by atoms with E-state index in [1.807, 2.05) is 0 Å². The third-order valence-electron chi connectivity index (χ3n) is 4.54. The molecule has 1 aromatic rings. The molecule has 2 atom stereocenters. The van der Waals surface area contributed by atoms with Gasteiger partial charge >= 0.3 is 0 Å². The maximum Gasteiger partial charge on any atom is 0.122 e. The van der Waals surface area contributed by atoms with Crippen molar-refractivity contribution in [2.75, 3.05) is 14.2 Å². The van der Waals surface area contributed by atoms with Crippen LogP contribution in [0.3, 0.4) is 0 Å². The number of ether oxygens (including phenoxy) is 1. The van der Waals surface area contributed by atoms with E-state index in [-0.39, 0.29) is 0 Å². The summed E-state index contributed by atoms with van der Waals surface area (Å²) in [6.45, 7) is 6.74. The molecular weight excluding hydrogens is 222 g/mol. The zero-order valence-electron chi connectivity index (χ0n) is 12.3. The third-order valence-corrected chi connectivity index (χ3v) is 4.54. The van der Waals surface area contributed by atoms with Gasteiger partial charge in [-0.05, 0) is 68.3 Å². The van der Waals surface area contributed by atoms with Crippen molar-refractivity contribution < 1.29 is 4.74 Å². The van der Waals surface area contributed by atoms with Crippen LogP contribution in [0.25, 0.3) is 0 Å². The van der Waals surface area contributed by atoms with Gasteiger partial charge < -0.3 is 10.1 Å². The van der Waals surface area contributed by atoms with Gasteiger partial charge in [0.1, 0.15) is 5.75 Å². The van der Waals surface area contributed by atoms with Crippen LogP contribution in [0.5, 0.6) is 5.75 Å². The molecule has 1 aromatic carbocycles. The van der Waals surface area contributed by atoms with Gasteiger partial charge in [0, 0.05) is 6.04 Å². The Labute approximate surface area is 111 Å². The lowest BCUT2D eigenvalue weighted by Gasteiger charge is -2.28. The summed E-state index contributed by atoms with van der Waals surface area (Å²) >= 11 is 0. The first kappa shape index (κ1) is 13.4. The maximum atomic E-state index is 5.41. The van der Waals surface area contributed by atoms with Gasteiger partial charge in [0.05, 0.1) is 7.11 Å². The molecule has 1 aliphatic carbocycles. The van der Waals surface area contributed by atoms with E-state index in [9.17, 15) is 0 Å². The highest BCUT2D eigenvalue weighted by molar-refractivity contribution is 5.45. The highest BCUT2D eigenvalue weighted by Crippen LogP contribution is 2.43. The van der Waals surface area contributed by atoms with Gasteiger partial charge in [-0.2, -0.15) is 0 Å². The normalized spacial score (nSPS) is 27.5. The summed E-state index contributed by atoms with van der Waals surface area (Å²) < 4.78 is 5.41. The second kappa shape index (κ2) is 4.93. The molecule has 1 saturated carbocycles. The molecule has 1 N–H and O–H groups in total. The van der Waals surface area contributed by atoms with E-state index in [0.29, 0.717) is 11.5 Å². The number of nitrogens with one attached hydrogen (secondary N) is 1. The summed E-state index contributed by atoms with van der Waals surface area (Å²) in [7, 11) is 3.82. The van der Waals surface area contributed by atoms with Crippen LogP contribution in [0.2, 0.25) is 0 Å². The molecule has 100 valence electrons. The monoisotopic (exact) mass is 247 g/mol. The first-order valence-electron chi connectivity index (χ1n) is 6.83. The molecule has 0 radical (unpaired) electrons. The predicted molar refractivity (Wildman–Crippen MR) is 76.5 cm³/mol. The van der Waals surface area contributed by atoms with Crippen LogP contribution in [-0.2, 0) is 5.41 Å². The Balaban J connectivity index is 2.37. The molecule has 0 spiro atoms. The summed E-state index contributed by atoms with van der Waals surface area (Å²) in [5.74, 6) is 1.00. The van der Waals surface area contributed by atoms with Crippen molar-refractivity contribution in [2.45, 2.75) is 51.5 Å². The average molecular weight is 247 g/mol. The zero-order chi connectivity index (χ0) is 13.3. The summed E-state index contributed by atoms with van der Waals surface area (Å²) in [6, 6.07) is 5.17. The van der Waals surface area contributed by atoms with Crippen molar-refractivity contribution >= 4 is 0 Å². The van der Waals surface area contributed by atoms with Crippen molar-refractivity contribution in [3.05, 3.63) is 28.8 Å². The van der Waals surface area contributed by atoms with Crippen molar-refractivity contribution in [1.82, 2.24) is 5.32 Å². The Hall–Kier alpha value is -1.02. The summed E-state index contributed by atoms with van der Waals surface area (Å²) in [4.78, 5) is 0. The molecule has 0 aliphatic heterocycles. The summed E-state index contributed by atoms with van der Waals surface area (Å²) in [5.41, 5.74) is 4.41. The highest BCUT2D eigenvalue weighted by atomic mass is 16.5. The first-order chi connectivity index (χ1) is 8.50. The lowest BCUT2D eigenvalue weighted by atomic mass is 9.78. The molecule has 2 unspecified atom stereocenters. The van der Waals surface area contributed by atoms with Crippen LogP contribution in [0, 0.1) is 13.8 Å². The molecule has 18 heavy (non-hydrogen) atoms. The molecule has 1 aliphatic rings. The average Bonchev–Trinajstić information content (AvgIpc) is 2.74. The van der Waals surface area contributed by atoms with Gasteiger partial charge in [0.25, 0.3) is 0 Å². The fourth-order valence-corrected chi connectivity index (χ4v) is 3.39. The van der Waals surface area contributed by atoms with Gasteiger partial charge in [0.2, 0.25) is 0 Å². The van der Waals surface area contributed by atoms with Gasteiger partial charge in [-0.25, -0.2) is 0 Å². The number of benzene rings is 1. The minimum absolute atomic E-state index is 0.314. The van der Waals surface area contributed by atoms with E-state index < -0.39 is 0 Å². The van der Waals surface area contributed by atoms with Crippen LogP contribution < -0.4 is 10.1 Å². The third kappa shape index (κ3) is 2.26. The Morgan fingerprint density at radius 1 is 1.28 bits per heavy atom. The minimum atomic E-state index is 0.314. The number of aryl methyl sites for hydroxylation is 2. The molecule has 2 rings (SSSR count). The SMILES string of the molecule is CNC1CCC(C)(c2cc(C)c(OC)cc2C)C1. The molecule has 0 aromatic heterocycles. The van der Waals surface area contributed by atoms with E-state index in [1.165, 1.54) is 36.0 Å². The fraction of sp³-hybridized carbons (Fsp3) is 0.625. The quantitative estimate of drug-likeness (QED) is 0.884. The smallest absolute Gasteiger partial charge is 0.122 e. The first-order valence-corrected chi connectivity index (χ1v) is 6.83. The van der Waals surface area contributed by atoms with Crippen LogP contribution in [0.1, 0.15) is 42.9 Å². The highest BCUT2D eigenvalue weighted by Gasteiger charge is 2.36. The van der Waals surface area contributed by atoms with Crippen LogP contribution >= 0.6 is 0 Å². The van der Waals surface area contributed by atoms with Crippen molar-refractivity contribution in [1.29, 1.82) is 0 Å². The Bertz CT molecular complexity index is 441. The lowest BCUT2D eigenvalue weighted by Crippen LogP contribution is -2.26. The number of hydrogen-bond donors (Lipinski definition) is 1. The Kier molecular flexibility index (Phi) is 3.67. The molecule has 0 heterocycles. The van der Waals surface area contributed by atoms with Gasteiger partial charge in [-0.1, -0.05) is 13.0 Å². The Morgan fingerprint density at radius 2 is 2.00 bits per heavy atom. The van der Waals surface area contributed by atoms with E-state index in [0.717, 1.165) is 5.75 Å². The molecule has 0 amide bonds. The van der Waals surface area contributed by atoms with Crippen molar-refractivity contribution in [3.8, 4) is 5.75 Å². The zero-order valence-corrected chi connectivity index (χ0v) is 12.3. The van der Waals surface area contributed by atoms with E-state index in [1.54, 1.807) is 7.11 Å². The summed E-state index contributed by atoms with van der Waals surface area (Å²) in [6.07, 6.45) is 3.78. The van der Waals surface area contributed by atoms with E-state index in [2.05, 4.69) is 45.3 Å². The molecule has 0 bridgehead atoms. The Morgan fingerprint density at radius 3 is 2.56 bits per heavy atom. The maximum absolute atomic E-state index is 5.41. The predicted octanol–water partition coefficient (Wildman–Crippen LogP) is 3.34.